The number of para-hydroxylation sites is 2. The summed E-state index contributed by atoms with van der Waals surface area (Å²) >= 11 is 0. The number of hydrogen-bond acceptors (Lipinski definition) is 7. The number of allylic oxidation sites excluding steroid dienone is 2. The molecular weight excluding hydrogens is 456 g/mol. The van der Waals surface area contributed by atoms with Crippen molar-refractivity contribution in [2.75, 3.05) is 10.5 Å². The molecule has 0 bridgehead atoms. The van der Waals surface area contributed by atoms with E-state index < -0.39 is 19.7 Å². The largest absolute Gasteiger partial charge is 0.398 e. The number of nitrogens with one attached hydrogen (secondary N) is 1. The lowest BCUT2D eigenvalue weighted by Gasteiger charge is -2.19. The number of sulfonamides is 1. The molecule has 1 fully saturated rings. The van der Waals surface area contributed by atoms with Gasteiger partial charge in [0.25, 0.3) is 5.70 Å². The smallest absolute Gasteiger partial charge is 0.266 e. The molecule has 6 rings (SSSR count). The third kappa shape index (κ3) is 2.90. The molecule has 0 aliphatic heterocycles. The van der Waals surface area contributed by atoms with Crippen molar-refractivity contribution in [1.82, 2.24) is 14.5 Å². The van der Waals surface area contributed by atoms with E-state index in [-0.39, 0.29) is 29.7 Å². The van der Waals surface area contributed by atoms with Crippen LogP contribution in [-0.2, 0) is 10.0 Å². The highest BCUT2D eigenvalue weighted by atomic mass is 32.2. The summed E-state index contributed by atoms with van der Waals surface area (Å²) in [5.41, 5.74) is 8.29. The van der Waals surface area contributed by atoms with Gasteiger partial charge < -0.3 is 5.73 Å². The molecule has 2 unspecified atom stereocenters. The molecule has 10 nitrogen and oxygen atoms in total. The number of nitro groups is 1. The van der Waals surface area contributed by atoms with Gasteiger partial charge in [0.1, 0.15) is 4.75 Å². The molecule has 2 aliphatic carbocycles. The second-order valence-electron chi connectivity index (χ2n) is 8.41. The summed E-state index contributed by atoms with van der Waals surface area (Å²) in [7, 11) is -4.09. The number of nitrogens with zero attached hydrogens (tertiary/aromatic N) is 4. The SMILES string of the molecule is Nc1cccc2c1ccn2-c1nc2ccccc2nc1NS(=O)(=O)C12C=C([N+](=O)[O-])C=CC1C2. The Labute approximate surface area is 193 Å². The van der Waals surface area contributed by atoms with Crippen molar-refractivity contribution in [3.8, 4) is 5.82 Å². The summed E-state index contributed by atoms with van der Waals surface area (Å²) in [6, 6.07) is 14.4. The van der Waals surface area contributed by atoms with E-state index in [1.165, 1.54) is 12.2 Å². The van der Waals surface area contributed by atoms with Gasteiger partial charge in [-0.25, -0.2) is 18.4 Å². The minimum Gasteiger partial charge on any atom is -0.398 e. The van der Waals surface area contributed by atoms with Crippen LogP contribution in [0.3, 0.4) is 0 Å². The van der Waals surface area contributed by atoms with Gasteiger partial charge in [0.2, 0.25) is 10.0 Å². The Bertz CT molecular complexity index is 1690. The zero-order chi connectivity index (χ0) is 23.7. The number of hydrogen-bond donors (Lipinski definition) is 2. The van der Waals surface area contributed by atoms with E-state index in [1.807, 2.05) is 18.2 Å². The molecule has 0 spiro atoms. The molecule has 0 radical (unpaired) electrons. The van der Waals surface area contributed by atoms with Crippen molar-refractivity contribution in [2.24, 2.45) is 5.92 Å². The van der Waals surface area contributed by atoms with Gasteiger partial charge in [-0.2, -0.15) is 0 Å². The van der Waals surface area contributed by atoms with E-state index in [0.717, 1.165) is 10.9 Å². The van der Waals surface area contributed by atoms with Crippen LogP contribution in [0.5, 0.6) is 0 Å². The van der Waals surface area contributed by atoms with Crippen LogP contribution in [0.4, 0.5) is 11.5 Å². The summed E-state index contributed by atoms with van der Waals surface area (Å²) in [6.07, 6.45) is 6.16. The predicted octanol–water partition coefficient (Wildman–Crippen LogP) is 3.39. The third-order valence-corrected chi connectivity index (χ3v) is 8.44. The normalized spacial score (nSPS) is 21.3. The highest BCUT2D eigenvalue weighted by Gasteiger charge is 2.64. The fourth-order valence-electron chi connectivity index (χ4n) is 4.52. The number of anilines is 2. The fourth-order valence-corrected chi connectivity index (χ4v) is 6.25. The molecule has 2 aromatic heterocycles. The summed E-state index contributed by atoms with van der Waals surface area (Å²) in [5.74, 6) is -0.0247. The molecule has 34 heavy (non-hydrogen) atoms. The second kappa shape index (κ2) is 6.87. The molecule has 170 valence electrons. The van der Waals surface area contributed by atoms with Crippen molar-refractivity contribution >= 4 is 43.5 Å². The van der Waals surface area contributed by atoms with Crippen LogP contribution in [0.25, 0.3) is 27.8 Å². The lowest BCUT2D eigenvalue weighted by molar-refractivity contribution is -0.419. The summed E-state index contributed by atoms with van der Waals surface area (Å²) in [5, 5.41) is 12.1. The first-order valence-corrected chi connectivity index (χ1v) is 12.0. The molecule has 4 aromatic rings. The van der Waals surface area contributed by atoms with Crippen LogP contribution < -0.4 is 10.5 Å². The Morgan fingerprint density at radius 3 is 2.65 bits per heavy atom. The van der Waals surface area contributed by atoms with Crippen LogP contribution in [0, 0.1) is 16.0 Å². The summed E-state index contributed by atoms with van der Waals surface area (Å²) < 4.78 is 30.0. The first kappa shape index (κ1) is 20.4. The molecule has 0 amide bonds. The topological polar surface area (TPSA) is 146 Å². The zero-order valence-electron chi connectivity index (χ0n) is 17.6. The van der Waals surface area contributed by atoms with Crippen LogP contribution in [0.1, 0.15) is 6.42 Å². The number of aromatic nitrogens is 3. The zero-order valence-corrected chi connectivity index (χ0v) is 18.4. The van der Waals surface area contributed by atoms with E-state index in [9.17, 15) is 18.5 Å². The van der Waals surface area contributed by atoms with Gasteiger partial charge in [0.05, 0.1) is 21.5 Å². The number of rotatable bonds is 5. The van der Waals surface area contributed by atoms with Crippen LogP contribution in [0.15, 0.2) is 78.7 Å². The van der Waals surface area contributed by atoms with Gasteiger partial charge in [-0.1, -0.05) is 24.3 Å². The standard InChI is InChI=1S/C23H18N6O4S/c24-17-4-3-7-20-16(17)10-11-28(20)22-21(25-18-5-1-2-6-19(18)26-22)27-34(32,33)23-12-14(23)8-9-15(13-23)29(30)31/h1-11,13-14H,12,24H2,(H,25,27). The minimum atomic E-state index is -4.09. The lowest BCUT2D eigenvalue weighted by atomic mass is 10.1. The molecule has 2 aliphatic rings. The van der Waals surface area contributed by atoms with Gasteiger partial charge in [0, 0.05) is 35.3 Å². The van der Waals surface area contributed by atoms with Crippen LogP contribution in [0.2, 0.25) is 0 Å². The maximum atomic E-state index is 13.6. The number of nitrogen functional groups attached to an aromatic ring is 1. The first-order chi connectivity index (χ1) is 16.3. The maximum absolute atomic E-state index is 13.6. The molecule has 0 saturated heterocycles. The maximum Gasteiger partial charge on any atom is 0.266 e. The minimum absolute atomic E-state index is 0.0317. The molecule has 3 N–H and O–H groups in total. The fraction of sp³-hybridized carbons (Fsp3) is 0.130. The summed E-state index contributed by atoms with van der Waals surface area (Å²) in [6.45, 7) is 0. The van der Waals surface area contributed by atoms with Gasteiger partial charge in [-0.05, 0) is 36.8 Å². The van der Waals surface area contributed by atoms with Crippen molar-refractivity contribution in [3.05, 3.63) is 88.8 Å². The van der Waals surface area contributed by atoms with Crippen molar-refractivity contribution in [1.29, 1.82) is 0 Å². The van der Waals surface area contributed by atoms with Crippen molar-refractivity contribution in [2.45, 2.75) is 11.2 Å². The third-order valence-electron chi connectivity index (χ3n) is 6.39. The molecule has 11 heteroatoms. The Morgan fingerprint density at radius 2 is 1.88 bits per heavy atom. The van der Waals surface area contributed by atoms with Crippen molar-refractivity contribution < 1.29 is 13.3 Å². The quantitative estimate of drug-likeness (QED) is 0.256. The Kier molecular flexibility index (Phi) is 4.12. The number of benzene rings is 2. The van der Waals surface area contributed by atoms with Crippen LogP contribution in [-0.4, -0.2) is 32.6 Å². The number of fused-ring (bicyclic) bond motifs is 3. The molecule has 1 saturated carbocycles. The Morgan fingerprint density at radius 1 is 1.12 bits per heavy atom. The van der Waals surface area contributed by atoms with E-state index >= 15 is 0 Å². The Balaban J connectivity index is 1.52. The number of nitrogens with two attached hydrogens (primary N) is 1. The van der Waals surface area contributed by atoms with Gasteiger partial charge in [-0.15, -0.1) is 0 Å². The average molecular weight is 475 g/mol. The molecule has 2 atom stereocenters. The van der Waals surface area contributed by atoms with E-state index in [0.29, 0.717) is 16.7 Å². The van der Waals surface area contributed by atoms with Gasteiger partial charge >= 0.3 is 0 Å². The van der Waals surface area contributed by atoms with Crippen molar-refractivity contribution in [3.63, 3.8) is 0 Å². The Hall–Kier alpha value is -4.25. The van der Waals surface area contributed by atoms with E-state index in [4.69, 9.17) is 10.7 Å². The molecular formula is C23H18N6O4S. The van der Waals surface area contributed by atoms with E-state index in [2.05, 4.69) is 9.71 Å². The predicted molar refractivity (Wildman–Crippen MR) is 128 cm³/mol. The monoisotopic (exact) mass is 474 g/mol. The van der Waals surface area contributed by atoms with Gasteiger partial charge in [-0.3, -0.25) is 19.4 Å². The second-order valence-corrected chi connectivity index (χ2v) is 10.4. The van der Waals surface area contributed by atoms with Gasteiger partial charge in [0.15, 0.2) is 11.6 Å². The summed E-state index contributed by atoms with van der Waals surface area (Å²) in [4.78, 5) is 20.0. The first-order valence-electron chi connectivity index (χ1n) is 10.5. The average Bonchev–Trinajstić information content (AvgIpc) is 3.42. The molecule has 2 aromatic carbocycles. The molecule has 2 heterocycles. The van der Waals surface area contributed by atoms with E-state index in [1.54, 1.807) is 47.2 Å². The highest BCUT2D eigenvalue weighted by molar-refractivity contribution is 7.94. The lowest BCUT2D eigenvalue weighted by Crippen LogP contribution is -2.32. The highest BCUT2D eigenvalue weighted by Crippen LogP contribution is 2.55. The van der Waals surface area contributed by atoms with Crippen LogP contribution >= 0.6 is 0 Å².